The van der Waals surface area contributed by atoms with E-state index in [1.165, 1.54) is 25.7 Å². The summed E-state index contributed by atoms with van der Waals surface area (Å²) < 4.78 is 0. The molecule has 5 nitrogen and oxygen atoms in total. The van der Waals surface area contributed by atoms with Crippen molar-refractivity contribution in [2.24, 2.45) is 0 Å². The van der Waals surface area contributed by atoms with E-state index in [0.717, 1.165) is 25.7 Å². The molecule has 0 aliphatic heterocycles. The van der Waals surface area contributed by atoms with Crippen molar-refractivity contribution < 1.29 is 14.7 Å². The van der Waals surface area contributed by atoms with E-state index in [0.29, 0.717) is 19.4 Å². The molecule has 0 aliphatic rings. The highest BCUT2D eigenvalue weighted by molar-refractivity contribution is 5.76. The SMILES string of the molecule is CCCCCC/C=C/CCC(=O)NCCCC[C@@H](C(=O)O)N(C)C. The zero-order chi connectivity index (χ0) is 18.2. The third kappa shape index (κ3) is 13.1. The Bertz CT molecular complexity index is 368. The third-order valence-corrected chi connectivity index (χ3v) is 4.06. The second-order valence-electron chi connectivity index (χ2n) is 6.52. The van der Waals surface area contributed by atoms with Crippen molar-refractivity contribution in [1.82, 2.24) is 10.2 Å². The summed E-state index contributed by atoms with van der Waals surface area (Å²) >= 11 is 0. The van der Waals surface area contributed by atoms with Crippen molar-refractivity contribution in [3.05, 3.63) is 12.2 Å². The van der Waals surface area contributed by atoms with Crippen LogP contribution in [0.1, 0.15) is 71.1 Å². The first-order chi connectivity index (χ1) is 11.5. The summed E-state index contributed by atoms with van der Waals surface area (Å²) in [5.74, 6) is -0.710. The van der Waals surface area contributed by atoms with Gasteiger partial charge in [-0.15, -0.1) is 0 Å². The van der Waals surface area contributed by atoms with E-state index < -0.39 is 12.0 Å². The van der Waals surface area contributed by atoms with Gasteiger partial charge in [0, 0.05) is 13.0 Å². The molecule has 0 bridgehead atoms. The van der Waals surface area contributed by atoms with Crippen LogP contribution >= 0.6 is 0 Å². The molecule has 0 aromatic heterocycles. The maximum Gasteiger partial charge on any atom is 0.320 e. The van der Waals surface area contributed by atoms with Crippen LogP contribution in [-0.2, 0) is 9.59 Å². The first kappa shape index (κ1) is 22.6. The van der Waals surface area contributed by atoms with Crippen molar-refractivity contribution in [3.8, 4) is 0 Å². The van der Waals surface area contributed by atoms with Crippen LogP contribution in [0.2, 0.25) is 0 Å². The van der Waals surface area contributed by atoms with Gasteiger partial charge in [-0.2, -0.15) is 0 Å². The summed E-state index contributed by atoms with van der Waals surface area (Å²) in [6.45, 7) is 2.83. The first-order valence-corrected chi connectivity index (χ1v) is 9.30. The predicted octanol–water partition coefficient (Wildman–Crippen LogP) is 3.59. The van der Waals surface area contributed by atoms with E-state index in [4.69, 9.17) is 5.11 Å². The van der Waals surface area contributed by atoms with Gasteiger partial charge in [-0.3, -0.25) is 14.5 Å². The van der Waals surface area contributed by atoms with Crippen molar-refractivity contribution in [2.75, 3.05) is 20.6 Å². The fourth-order valence-corrected chi connectivity index (χ4v) is 2.52. The number of allylic oxidation sites excluding steroid dienone is 2. The van der Waals surface area contributed by atoms with Crippen LogP contribution in [0, 0.1) is 0 Å². The van der Waals surface area contributed by atoms with Gasteiger partial charge in [0.1, 0.15) is 6.04 Å². The number of hydrogen-bond donors (Lipinski definition) is 2. The maximum atomic E-state index is 11.7. The molecule has 0 fully saturated rings. The molecular formula is C19H36N2O3. The molecule has 0 aromatic carbocycles. The molecule has 0 unspecified atom stereocenters. The molecule has 24 heavy (non-hydrogen) atoms. The molecule has 0 saturated heterocycles. The number of unbranched alkanes of at least 4 members (excludes halogenated alkanes) is 5. The number of carboxylic acid groups (broad SMARTS) is 1. The highest BCUT2D eigenvalue weighted by Crippen LogP contribution is 2.06. The largest absolute Gasteiger partial charge is 0.480 e. The average Bonchev–Trinajstić information content (AvgIpc) is 2.52. The molecule has 1 atom stereocenters. The van der Waals surface area contributed by atoms with Gasteiger partial charge in [0.2, 0.25) is 5.91 Å². The van der Waals surface area contributed by atoms with Gasteiger partial charge in [0.15, 0.2) is 0 Å². The fourth-order valence-electron chi connectivity index (χ4n) is 2.52. The van der Waals surface area contributed by atoms with Crippen molar-refractivity contribution in [2.45, 2.75) is 77.2 Å². The predicted molar refractivity (Wildman–Crippen MR) is 99.1 cm³/mol. The number of carboxylic acids is 1. The maximum absolute atomic E-state index is 11.7. The summed E-state index contributed by atoms with van der Waals surface area (Å²) in [6, 6.07) is -0.442. The van der Waals surface area contributed by atoms with Gasteiger partial charge in [0.25, 0.3) is 0 Å². The van der Waals surface area contributed by atoms with E-state index in [1.807, 2.05) is 0 Å². The minimum Gasteiger partial charge on any atom is -0.480 e. The Kier molecular flexibility index (Phi) is 14.3. The van der Waals surface area contributed by atoms with Crippen LogP contribution in [0.15, 0.2) is 12.2 Å². The van der Waals surface area contributed by atoms with Gasteiger partial charge < -0.3 is 10.4 Å². The molecule has 0 heterocycles. The quantitative estimate of drug-likeness (QED) is 0.353. The third-order valence-electron chi connectivity index (χ3n) is 4.06. The minimum absolute atomic E-state index is 0.0769. The van der Waals surface area contributed by atoms with Gasteiger partial charge in [0.05, 0.1) is 0 Å². The number of hydrogen-bond acceptors (Lipinski definition) is 3. The lowest BCUT2D eigenvalue weighted by Crippen LogP contribution is -2.35. The van der Waals surface area contributed by atoms with E-state index in [9.17, 15) is 9.59 Å². The summed E-state index contributed by atoms with van der Waals surface area (Å²) in [6.07, 6.45) is 14.0. The van der Waals surface area contributed by atoms with Gasteiger partial charge in [-0.25, -0.2) is 0 Å². The Morgan fingerprint density at radius 1 is 1.04 bits per heavy atom. The number of nitrogens with one attached hydrogen (secondary N) is 1. The lowest BCUT2D eigenvalue weighted by molar-refractivity contribution is -0.142. The Hall–Kier alpha value is -1.36. The molecule has 0 spiro atoms. The van der Waals surface area contributed by atoms with Crippen molar-refractivity contribution in [1.29, 1.82) is 0 Å². The standard InChI is InChI=1S/C19H36N2O3/c1-4-5-6-7-8-9-10-11-15-18(22)20-16-13-12-14-17(19(23)24)21(2)3/h9-10,17H,4-8,11-16H2,1-3H3,(H,20,22)(H,23,24)/b10-9+/t17-/m0/s1. The highest BCUT2D eigenvalue weighted by Gasteiger charge is 2.18. The topological polar surface area (TPSA) is 69.6 Å². The molecule has 140 valence electrons. The van der Waals surface area contributed by atoms with Crippen LogP contribution in [0.4, 0.5) is 0 Å². The van der Waals surface area contributed by atoms with Crippen LogP contribution < -0.4 is 5.32 Å². The Balaban J connectivity index is 3.56. The monoisotopic (exact) mass is 340 g/mol. The summed E-state index contributed by atoms with van der Waals surface area (Å²) in [5.41, 5.74) is 0. The number of carbonyl (C=O) groups excluding carboxylic acids is 1. The summed E-state index contributed by atoms with van der Waals surface area (Å²) in [4.78, 5) is 24.4. The number of aliphatic carboxylic acids is 1. The number of carbonyl (C=O) groups is 2. The zero-order valence-corrected chi connectivity index (χ0v) is 15.7. The number of nitrogens with zero attached hydrogens (tertiary/aromatic N) is 1. The minimum atomic E-state index is -0.787. The molecule has 0 aromatic rings. The van der Waals surface area contributed by atoms with Crippen molar-refractivity contribution >= 4 is 11.9 Å². The second-order valence-corrected chi connectivity index (χ2v) is 6.52. The molecule has 5 heteroatoms. The van der Waals surface area contributed by atoms with Crippen LogP contribution in [0.25, 0.3) is 0 Å². The fraction of sp³-hybridized carbons (Fsp3) is 0.789. The Morgan fingerprint density at radius 2 is 1.75 bits per heavy atom. The zero-order valence-electron chi connectivity index (χ0n) is 15.7. The molecule has 1 amide bonds. The number of rotatable bonds is 15. The molecule has 0 saturated carbocycles. The molecular weight excluding hydrogens is 304 g/mol. The van der Waals surface area contributed by atoms with Gasteiger partial charge in [-0.05, 0) is 52.6 Å². The Morgan fingerprint density at radius 3 is 2.38 bits per heavy atom. The van der Waals surface area contributed by atoms with E-state index in [1.54, 1.807) is 19.0 Å². The van der Waals surface area contributed by atoms with Crippen LogP contribution in [0.3, 0.4) is 0 Å². The van der Waals surface area contributed by atoms with Crippen molar-refractivity contribution in [3.63, 3.8) is 0 Å². The van der Waals surface area contributed by atoms with Crippen LogP contribution in [-0.4, -0.2) is 48.6 Å². The number of likely N-dealkylation sites (N-methyl/N-ethyl adjacent to an activating group) is 1. The number of amides is 1. The van der Waals surface area contributed by atoms with E-state index in [2.05, 4.69) is 24.4 Å². The first-order valence-electron chi connectivity index (χ1n) is 9.30. The average molecular weight is 341 g/mol. The lowest BCUT2D eigenvalue weighted by Gasteiger charge is -2.19. The second kappa shape index (κ2) is 15.2. The van der Waals surface area contributed by atoms with E-state index >= 15 is 0 Å². The summed E-state index contributed by atoms with van der Waals surface area (Å²) in [5, 5.41) is 12.0. The molecule has 2 N–H and O–H groups in total. The highest BCUT2D eigenvalue weighted by atomic mass is 16.4. The van der Waals surface area contributed by atoms with Crippen LogP contribution in [0.5, 0.6) is 0 Å². The normalized spacial score (nSPS) is 12.7. The van der Waals surface area contributed by atoms with Gasteiger partial charge in [-0.1, -0.05) is 38.3 Å². The molecule has 0 aliphatic carbocycles. The molecule has 0 rings (SSSR count). The van der Waals surface area contributed by atoms with E-state index in [-0.39, 0.29) is 5.91 Å². The van der Waals surface area contributed by atoms with Gasteiger partial charge >= 0.3 is 5.97 Å². The molecule has 0 radical (unpaired) electrons. The summed E-state index contributed by atoms with van der Waals surface area (Å²) in [7, 11) is 3.55. The smallest absolute Gasteiger partial charge is 0.320 e. The lowest BCUT2D eigenvalue weighted by atomic mass is 10.1. The Labute approximate surface area is 147 Å².